The molecule has 3 aromatic rings. The van der Waals surface area contributed by atoms with Crippen LogP contribution < -0.4 is 4.89 Å². The lowest BCUT2D eigenvalue weighted by atomic mass is 10.1. The van der Waals surface area contributed by atoms with Crippen molar-refractivity contribution in [3.05, 3.63) is 71.9 Å². The highest BCUT2D eigenvalue weighted by Gasteiger charge is 2.13. The van der Waals surface area contributed by atoms with Crippen molar-refractivity contribution in [2.45, 2.75) is 18.4 Å². The van der Waals surface area contributed by atoms with Gasteiger partial charge in [-0.2, -0.15) is 0 Å². The van der Waals surface area contributed by atoms with Crippen molar-refractivity contribution in [3.8, 4) is 0 Å². The van der Waals surface area contributed by atoms with Gasteiger partial charge in [0, 0.05) is 11.1 Å². The van der Waals surface area contributed by atoms with Gasteiger partial charge in [-0.05, 0) is 36.8 Å². The normalized spacial score (nSPS) is 11.7. The Hall–Kier alpha value is -2.28. The van der Waals surface area contributed by atoms with Crippen LogP contribution in [0, 0.1) is 6.92 Å². The molecular formula is C17H16N2O3S. The lowest BCUT2D eigenvalue weighted by molar-refractivity contribution is 0.0802. The van der Waals surface area contributed by atoms with Crippen molar-refractivity contribution in [1.82, 2.24) is 9.87 Å². The van der Waals surface area contributed by atoms with E-state index in [1.54, 1.807) is 18.2 Å². The summed E-state index contributed by atoms with van der Waals surface area (Å²) < 4.78 is 24.2. The van der Waals surface area contributed by atoms with Gasteiger partial charge >= 0.3 is 0 Å². The number of rotatable bonds is 5. The highest BCUT2D eigenvalue weighted by Crippen LogP contribution is 2.19. The fourth-order valence-corrected chi connectivity index (χ4v) is 3.17. The summed E-state index contributed by atoms with van der Waals surface area (Å²) in [5.74, 6) is 0. The minimum absolute atomic E-state index is 0.121. The molecule has 1 heterocycles. The van der Waals surface area contributed by atoms with Crippen molar-refractivity contribution >= 4 is 20.9 Å². The summed E-state index contributed by atoms with van der Waals surface area (Å²) in [6, 6.07) is 17.7. The number of hydrogen-bond donors (Lipinski definition) is 1. The number of benzene rings is 2. The Morgan fingerprint density at radius 3 is 2.52 bits per heavy atom. The lowest BCUT2D eigenvalue weighted by Crippen LogP contribution is -2.24. The molecule has 0 amide bonds. The first-order valence-electron chi connectivity index (χ1n) is 7.10. The number of hydrogen-bond acceptors (Lipinski definition) is 4. The molecule has 118 valence electrons. The Labute approximate surface area is 134 Å². The number of fused-ring (bicyclic) bond motifs is 1. The molecule has 0 fully saturated rings. The molecule has 5 nitrogen and oxygen atoms in total. The molecule has 0 aliphatic rings. The van der Waals surface area contributed by atoms with Gasteiger partial charge in [-0.15, -0.1) is 0 Å². The van der Waals surface area contributed by atoms with E-state index in [1.165, 1.54) is 12.1 Å². The first kappa shape index (κ1) is 15.6. The monoisotopic (exact) mass is 328 g/mol. The standard InChI is InChI=1S/C17H16N2O3S/c1-13-11-14(16-9-5-6-10-17(16)18-13)12-22-19-23(20,21)15-7-3-2-4-8-15/h2-11,19H,12H2,1H3. The zero-order valence-corrected chi connectivity index (χ0v) is 13.4. The molecule has 0 radical (unpaired) electrons. The van der Waals surface area contributed by atoms with Crippen LogP contribution in [0.15, 0.2) is 65.6 Å². The van der Waals surface area contributed by atoms with Gasteiger partial charge in [0.15, 0.2) is 0 Å². The van der Waals surface area contributed by atoms with Gasteiger partial charge in [-0.3, -0.25) is 9.82 Å². The number of nitrogens with zero attached hydrogens (tertiary/aromatic N) is 1. The summed E-state index contributed by atoms with van der Waals surface area (Å²) in [7, 11) is -3.68. The average molecular weight is 328 g/mol. The summed E-state index contributed by atoms with van der Waals surface area (Å²) in [5.41, 5.74) is 2.59. The van der Waals surface area contributed by atoms with E-state index in [0.717, 1.165) is 22.2 Å². The first-order valence-corrected chi connectivity index (χ1v) is 8.58. The topological polar surface area (TPSA) is 68.3 Å². The largest absolute Gasteiger partial charge is 0.282 e. The Balaban J connectivity index is 1.77. The van der Waals surface area contributed by atoms with Crippen LogP contribution in [0.4, 0.5) is 0 Å². The van der Waals surface area contributed by atoms with Crippen molar-refractivity contribution in [3.63, 3.8) is 0 Å². The van der Waals surface area contributed by atoms with E-state index < -0.39 is 10.0 Å². The number of aromatic nitrogens is 1. The minimum Gasteiger partial charge on any atom is -0.282 e. The van der Waals surface area contributed by atoms with Gasteiger partial charge in [0.1, 0.15) is 0 Å². The number of sulfonamides is 1. The molecule has 0 saturated heterocycles. The second kappa shape index (κ2) is 6.45. The molecule has 0 bridgehead atoms. The fourth-order valence-electron chi connectivity index (χ4n) is 2.35. The summed E-state index contributed by atoms with van der Waals surface area (Å²) >= 11 is 0. The van der Waals surface area contributed by atoms with Crippen molar-refractivity contribution in [2.24, 2.45) is 0 Å². The molecule has 0 atom stereocenters. The van der Waals surface area contributed by atoms with Gasteiger partial charge < -0.3 is 0 Å². The van der Waals surface area contributed by atoms with Crippen LogP contribution in [-0.2, 0) is 21.5 Å². The maximum atomic E-state index is 12.1. The van der Waals surface area contributed by atoms with Crippen LogP contribution in [-0.4, -0.2) is 13.4 Å². The minimum atomic E-state index is -3.68. The molecule has 0 saturated carbocycles. The van der Waals surface area contributed by atoms with Gasteiger partial charge in [-0.25, -0.2) is 8.42 Å². The predicted molar refractivity (Wildman–Crippen MR) is 88.0 cm³/mol. The van der Waals surface area contributed by atoms with E-state index >= 15 is 0 Å². The number of nitrogens with one attached hydrogen (secondary N) is 1. The van der Waals surface area contributed by atoms with Gasteiger partial charge in [-0.1, -0.05) is 41.3 Å². The fraction of sp³-hybridized carbons (Fsp3) is 0.118. The van der Waals surface area contributed by atoms with E-state index in [4.69, 9.17) is 4.84 Å². The Morgan fingerprint density at radius 2 is 1.74 bits per heavy atom. The first-order chi connectivity index (χ1) is 11.1. The van der Waals surface area contributed by atoms with Crippen LogP contribution >= 0.6 is 0 Å². The SMILES string of the molecule is Cc1cc(CONS(=O)(=O)c2ccccc2)c2ccccc2n1. The second-order valence-electron chi connectivity index (χ2n) is 5.13. The molecule has 0 aliphatic carbocycles. The highest BCUT2D eigenvalue weighted by atomic mass is 32.2. The van der Waals surface area contributed by atoms with Crippen LogP contribution in [0.3, 0.4) is 0 Å². The third-order valence-electron chi connectivity index (χ3n) is 3.38. The van der Waals surface area contributed by atoms with E-state index in [9.17, 15) is 8.42 Å². The van der Waals surface area contributed by atoms with Crippen molar-refractivity contribution in [1.29, 1.82) is 0 Å². The zero-order chi connectivity index (χ0) is 16.3. The smallest absolute Gasteiger partial charge is 0.262 e. The lowest BCUT2D eigenvalue weighted by Gasteiger charge is -2.10. The molecule has 3 rings (SSSR count). The van der Waals surface area contributed by atoms with Crippen molar-refractivity contribution < 1.29 is 13.3 Å². The molecule has 1 aromatic heterocycles. The number of para-hydroxylation sites is 1. The van der Waals surface area contributed by atoms with Gasteiger partial charge in [0.2, 0.25) is 0 Å². The number of aryl methyl sites for hydroxylation is 1. The molecule has 1 N–H and O–H groups in total. The van der Waals surface area contributed by atoms with E-state index in [2.05, 4.69) is 9.87 Å². The maximum absolute atomic E-state index is 12.1. The van der Waals surface area contributed by atoms with Crippen LogP contribution in [0.25, 0.3) is 10.9 Å². The molecule has 23 heavy (non-hydrogen) atoms. The van der Waals surface area contributed by atoms with Crippen LogP contribution in [0.5, 0.6) is 0 Å². The zero-order valence-electron chi connectivity index (χ0n) is 12.6. The quantitative estimate of drug-likeness (QED) is 0.731. The van der Waals surface area contributed by atoms with Gasteiger partial charge in [0.05, 0.1) is 17.0 Å². The summed E-state index contributed by atoms with van der Waals surface area (Å²) in [4.78, 5) is 12.0. The number of pyridine rings is 1. The van der Waals surface area contributed by atoms with Gasteiger partial charge in [0.25, 0.3) is 10.0 Å². The summed E-state index contributed by atoms with van der Waals surface area (Å²) in [5, 5.41) is 0.942. The average Bonchev–Trinajstić information content (AvgIpc) is 2.55. The second-order valence-corrected chi connectivity index (χ2v) is 6.77. The molecule has 0 spiro atoms. The predicted octanol–water partition coefficient (Wildman–Crippen LogP) is 2.95. The van der Waals surface area contributed by atoms with E-state index in [1.807, 2.05) is 37.3 Å². The molecular weight excluding hydrogens is 312 g/mol. The Bertz CT molecular complexity index is 925. The maximum Gasteiger partial charge on any atom is 0.262 e. The van der Waals surface area contributed by atoms with Crippen molar-refractivity contribution in [2.75, 3.05) is 0 Å². The highest BCUT2D eigenvalue weighted by molar-refractivity contribution is 7.89. The third kappa shape index (κ3) is 3.56. The molecule has 0 unspecified atom stereocenters. The summed E-state index contributed by atoms with van der Waals surface area (Å²) in [6.45, 7) is 2.01. The Morgan fingerprint density at radius 1 is 1.04 bits per heavy atom. The third-order valence-corrected chi connectivity index (χ3v) is 4.61. The molecule has 6 heteroatoms. The van der Waals surface area contributed by atoms with Crippen LogP contribution in [0.1, 0.15) is 11.3 Å². The van der Waals surface area contributed by atoms with E-state index in [-0.39, 0.29) is 11.5 Å². The van der Waals surface area contributed by atoms with Crippen LogP contribution in [0.2, 0.25) is 0 Å². The van der Waals surface area contributed by atoms with E-state index in [0.29, 0.717) is 0 Å². The molecule has 0 aliphatic heterocycles. The summed E-state index contributed by atoms with van der Waals surface area (Å²) in [6.07, 6.45) is 0. The molecule has 2 aromatic carbocycles. The Kier molecular flexibility index (Phi) is 4.38.